The van der Waals surface area contributed by atoms with Gasteiger partial charge in [-0.25, -0.2) is 13.6 Å². The zero-order chi connectivity index (χ0) is 15.9. The number of carbonyl (C=O) groups excluding carboxylic acids is 1. The number of esters is 1. The Morgan fingerprint density at radius 1 is 1.00 bits per heavy atom. The lowest BCUT2D eigenvalue weighted by molar-refractivity contribution is -0.139. The minimum atomic E-state index is -2.00. The van der Waals surface area contributed by atoms with Gasteiger partial charge in [0.25, 0.3) is 0 Å². The molecule has 21 heavy (non-hydrogen) atoms. The number of rotatable bonds is 14. The van der Waals surface area contributed by atoms with Crippen LogP contribution in [0.15, 0.2) is 12.2 Å². The summed E-state index contributed by atoms with van der Waals surface area (Å²) in [5, 5.41) is 0. The van der Waals surface area contributed by atoms with Crippen LogP contribution in [0.3, 0.4) is 0 Å². The summed E-state index contributed by atoms with van der Waals surface area (Å²) >= 11 is 0. The average molecular weight is 320 g/mol. The fraction of sp³-hybridized carbons (Fsp3) is 0.812. The molecule has 0 aliphatic heterocycles. The number of ether oxygens (including phenoxy) is 1. The van der Waals surface area contributed by atoms with Crippen molar-refractivity contribution >= 4 is 15.5 Å². The Morgan fingerprint density at radius 3 is 1.95 bits per heavy atom. The Balaban J connectivity index is 3.09. The zero-order valence-electron chi connectivity index (χ0n) is 13.3. The lowest BCUT2D eigenvalue weighted by Gasteiger charge is -2.04. The van der Waals surface area contributed by atoms with E-state index in [4.69, 9.17) is 4.74 Å². The van der Waals surface area contributed by atoms with Crippen LogP contribution in [0.2, 0.25) is 6.04 Å². The third-order valence-corrected chi connectivity index (χ3v) is 4.74. The number of hydrogen-bond acceptors (Lipinski definition) is 2. The van der Waals surface area contributed by atoms with Gasteiger partial charge in [0.15, 0.2) is 0 Å². The van der Waals surface area contributed by atoms with Gasteiger partial charge < -0.3 is 4.74 Å². The fourth-order valence-corrected chi connectivity index (χ4v) is 3.05. The van der Waals surface area contributed by atoms with Crippen LogP contribution in [-0.4, -0.2) is 28.1 Å². The van der Waals surface area contributed by atoms with Crippen molar-refractivity contribution in [2.75, 3.05) is 6.61 Å². The van der Waals surface area contributed by atoms with E-state index in [2.05, 4.69) is 6.58 Å². The molecule has 124 valence electrons. The highest BCUT2D eigenvalue weighted by Crippen LogP contribution is 2.11. The summed E-state index contributed by atoms with van der Waals surface area (Å²) < 4.78 is 28.9. The normalized spacial score (nSPS) is 11.4. The lowest BCUT2D eigenvalue weighted by Crippen LogP contribution is -2.05. The van der Waals surface area contributed by atoms with E-state index in [0.29, 0.717) is 12.2 Å². The predicted molar refractivity (Wildman–Crippen MR) is 86.7 cm³/mol. The molecule has 2 nitrogen and oxygen atoms in total. The van der Waals surface area contributed by atoms with E-state index in [9.17, 15) is 13.6 Å². The van der Waals surface area contributed by atoms with Gasteiger partial charge in [-0.1, -0.05) is 64.0 Å². The van der Waals surface area contributed by atoms with Crippen LogP contribution in [0, 0.1) is 0 Å². The van der Waals surface area contributed by atoms with Gasteiger partial charge in [0.1, 0.15) is 9.52 Å². The molecule has 0 aliphatic carbocycles. The highest BCUT2D eigenvalue weighted by Gasteiger charge is 2.02. The number of carbonyl (C=O) groups is 1. The number of alkyl halides is 2. The maximum Gasteiger partial charge on any atom is 0.333 e. The van der Waals surface area contributed by atoms with Crippen LogP contribution in [0.5, 0.6) is 0 Å². The molecule has 0 aliphatic rings. The quantitative estimate of drug-likeness (QED) is 0.205. The summed E-state index contributed by atoms with van der Waals surface area (Å²) in [7, 11) is -1.10. The van der Waals surface area contributed by atoms with E-state index < -0.39 is 15.6 Å². The Morgan fingerprint density at radius 2 is 1.48 bits per heavy atom. The molecule has 0 amide bonds. The molecule has 0 N–H and O–H groups in total. The zero-order valence-corrected chi connectivity index (χ0v) is 14.8. The molecule has 0 atom stereocenters. The molecule has 0 saturated heterocycles. The summed E-state index contributed by atoms with van der Waals surface area (Å²) in [6, 6.07) is -1.21. The molecular formula is C16H30F2O2Si. The maximum atomic E-state index is 12.0. The Hall–Kier alpha value is -0.713. The van der Waals surface area contributed by atoms with Crippen molar-refractivity contribution in [1.82, 2.24) is 0 Å². The van der Waals surface area contributed by atoms with Gasteiger partial charge in [-0.15, -0.1) is 0 Å². The van der Waals surface area contributed by atoms with Gasteiger partial charge in [-0.3, -0.25) is 0 Å². The molecular weight excluding hydrogens is 290 g/mol. The summed E-state index contributed by atoms with van der Waals surface area (Å²) in [4.78, 5) is 11.1. The van der Waals surface area contributed by atoms with Gasteiger partial charge in [-0.2, -0.15) is 0 Å². The smallest absolute Gasteiger partial charge is 0.333 e. The minimum Gasteiger partial charge on any atom is -0.462 e. The number of unbranched alkanes of at least 4 members (excludes halogenated alkanes) is 8. The second-order valence-corrected chi connectivity index (χ2v) is 7.53. The average Bonchev–Trinajstić information content (AvgIpc) is 2.43. The first-order valence-electron chi connectivity index (χ1n) is 8.15. The molecule has 0 fully saturated rings. The number of halogens is 2. The van der Waals surface area contributed by atoms with Crippen molar-refractivity contribution in [3.05, 3.63) is 12.2 Å². The SMILES string of the molecule is C=C(C)C(=O)OCCCCCCCCCCC[SiH2]C(F)F. The first kappa shape index (κ1) is 20.3. The van der Waals surface area contributed by atoms with Crippen molar-refractivity contribution in [2.24, 2.45) is 0 Å². The van der Waals surface area contributed by atoms with E-state index in [1.807, 2.05) is 0 Å². The topological polar surface area (TPSA) is 26.3 Å². The predicted octanol–water partition coefficient (Wildman–Crippen LogP) is 4.43. The first-order valence-corrected chi connectivity index (χ1v) is 9.96. The molecule has 0 aromatic rings. The van der Waals surface area contributed by atoms with Gasteiger partial charge >= 0.3 is 5.97 Å². The van der Waals surface area contributed by atoms with Crippen LogP contribution in [-0.2, 0) is 9.53 Å². The largest absolute Gasteiger partial charge is 0.462 e. The van der Waals surface area contributed by atoms with E-state index >= 15 is 0 Å². The molecule has 0 radical (unpaired) electrons. The lowest BCUT2D eigenvalue weighted by atomic mass is 10.1. The molecule has 0 saturated carbocycles. The Labute approximate surface area is 130 Å². The summed E-state index contributed by atoms with van der Waals surface area (Å²) in [6.45, 7) is 5.67. The van der Waals surface area contributed by atoms with Crippen LogP contribution in [0.25, 0.3) is 0 Å². The second-order valence-electron chi connectivity index (χ2n) is 5.63. The summed E-state index contributed by atoms with van der Waals surface area (Å²) in [5.74, 6) is -0.301. The molecule has 0 bridgehead atoms. The van der Waals surface area contributed by atoms with Gasteiger partial charge in [0.05, 0.1) is 6.61 Å². The van der Waals surface area contributed by atoms with Crippen molar-refractivity contribution in [2.45, 2.75) is 76.8 Å². The molecule has 5 heteroatoms. The van der Waals surface area contributed by atoms with Crippen molar-refractivity contribution in [1.29, 1.82) is 0 Å². The standard InChI is InChI=1S/C16H30F2O2Si/c1-14(2)15(19)20-12-10-8-6-4-3-5-7-9-11-13-21-16(17)18/h16H,1,3-13,21H2,2H3. The van der Waals surface area contributed by atoms with Gasteiger partial charge in [0.2, 0.25) is 6.05 Å². The van der Waals surface area contributed by atoms with E-state index in [-0.39, 0.29) is 5.97 Å². The van der Waals surface area contributed by atoms with Gasteiger partial charge in [0, 0.05) is 5.57 Å². The molecule has 0 spiro atoms. The molecule has 0 aromatic heterocycles. The second kappa shape index (κ2) is 14.2. The van der Waals surface area contributed by atoms with Gasteiger partial charge in [-0.05, 0) is 13.3 Å². The van der Waals surface area contributed by atoms with E-state index in [1.54, 1.807) is 6.92 Å². The molecule has 0 unspecified atom stereocenters. The monoisotopic (exact) mass is 320 g/mol. The third-order valence-electron chi connectivity index (χ3n) is 3.40. The third kappa shape index (κ3) is 15.5. The van der Waals surface area contributed by atoms with Crippen molar-refractivity contribution in [3.63, 3.8) is 0 Å². The number of hydrogen-bond donors (Lipinski definition) is 0. The summed E-state index contributed by atoms with van der Waals surface area (Å²) in [5.41, 5.74) is 0.450. The van der Waals surface area contributed by atoms with Crippen molar-refractivity contribution in [3.8, 4) is 0 Å². The molecule has 0 heterocycles. The van der Waals surface area contributed by atoms with Crippen LogP contribution in [0.1, 0.15) is 64.7 Å². The van der Waals surface area contributed by atoms with Crippen LogP contribution < -0.4 is 0 Å². The van der Waals surface area contributed by atoms with Crippen LogP contribution >= 0.6 is 0 Å². The minimum absolute atomic E-state index is 0.301. The molecule has 0 rings (SSSR count). The first-order chi connectivity index (χ1) is 10.0. The van der Waals surface area contributed by atoms with Crippen LogP contribution in [0.4, 0.5) is 8.78 Å². The highest BCUT2D eigenvalue weighted by molar-refractivity contribution is 6.36. The highest BCUT2D eigenvalue weighted by atomic mass is 28.2. The van der Waals surface area contributed by atoms with Crippen molar-refractivity contribution < 1.29 is 18.3 Å². The van der Waals surface area contributed by atoms with E-state index in [1.165, 1.54) is 32.1 Å². The Kier molecular flexibility index (Phi) is 13.8. The molecule has 0 aromatic carbocycles. The summed E-state index contributed by atoms with van der Waals surface area (Å²) in [6.07, 6.45) is 10.1. The van der Waals surface area contributed by atoms with E-state index in [0.717, 1.165) is 31.7 Å². The Bertz CT molecular complexity index is 283. The fourth-order valence-electron chi connectivity index (χ4n) is 2.10. The maximum absolute atomic E-state index is 12.0.